The average Bonchev–Trinajstić information content (AvgIpc) is 2.62. The quantitative estimate of drug-likeness (QED) is 0.824. The monoisotopic (exact) mass is 354 g/mol. The maximum atomic E-state index is 12.4. The average molecular weight is 355 g/mol. The number of hydrogen-bond acceptors (Lipinski definition) is 3. The van der Waals surface area contributed by atoms with E-state index >= 15 is 0 Å². The van der Waals surface area contributed by atoms with Gasteiger partial charge < -0.3 is 10.2 Å². The van der Waals surface area contributed by atoms with Crippen LogP contribution in [0, 0.1) is 5.92 Å². The predicted molar refractivity (Wildman–Crippen MR) is 106 cm³/mol. The summed E-state index contributed by atoms with van der Waals surface area (Å²) in [6.07, 6.45) is 1.01. The van der Waals surface area contributed by atoms with E-state index in [4.69, 9.17) is 0 Å². The summed E-state index contributed by atoms with van der Waals surface area (Å²) in [6.45, 7) is 6.96. The van der Waals surface area contributed by atoms with Crippen molar-refractivity contribution in [2.75, 3.05) is 23.7 Å². The summed E-state index contributed by atoms with van der Waals surface area (Å²) >= 11 is 1.87. The van der Waals surface area contributed by atoms with Gasteiger partial charge in [0.25, 0.3) is 5.91 Å². The molecule has 25 heavy (non-hydrogen) atoms. The Morgan fingerprint density at radius 1 is 1.20 bits per heavy atom. The zero-order valence-electron chi connectivity index (χ0n) is 15.0. The molecule has 1 N–H and O–H groups in total. The molecule has 1 heterocycles. The molecule has 0 radical (unpaired) electrons. The van der Waals surface area contributed by atoms with Crippen LogP contribution in [0.15, 0.2) is 53.4 Å². The lowest BCUT2D eigenvalue weighted by Crippen LogP contribution is -2.30. The minimum Gasteiger partial charge on any atom is -0.365 e. The highest BCUT2D eigenvalue weighted by molar-refractivity contribution is 7.99. The highest BCUT2D eigenvalue weighted by Crippen LogP contribution is 2.36. The van der Waals surface area contributed by atoms with Crippen LogP contribution in [-0.2, 0) is 6.54 Å². The van der Waals surface area contributed by atoms with Gasteiger partial charge in [0.15, 0.2) is 0 Å². The minimum atomic E-state index is 0.0266. The Bertz CT molecular complexity index is 715. The van der Waals surface area contributed by atoms with Gasteiger partial charge in [0.05, 0.1) is 5.69 Å². The standard InChI is InChI=1S/C21H26N2OS/c1-16(2)10-11-22-21(24)18-8-9-20-19(14-18)23(12-13-25-20)15-17-6-4-3-5-7-17/h3-9,14,16H,10-13,15H2,1-2H3,(H,22,24). The van der Waals surface area contributed by atoms with Crippen LogP contribution >= 0.6 is 11.8 Å². The van der Waals surface area contributed by atoms with Gasteiger partial charge in [-0.3, -0.25) is 4.79 Å². The molecule has 0 aliphatic carbocycles. The van der Waals surface area contributed by atoms with E-state index in [-0.39, 0.29) is 5.91 Å². The molecule has 0 spiro atoms. The number of nitrogens with zero attached hydrogens (tertiary/aromatic N) is 1. The number of nitrogens with one attached hydrogen (secondary N) is 1. The first-order chi connectivity index (χ1) is 12.1. The van der Waals surface area contributed by atoms with Crippen molar-refractivity contribution in [2.45, 2.75) is 31.7 Å². The van der Waals surface area contributed by atoms with E-state index in [1.165, 1.54) is 16.1 Å². The van der Waals surface area contributed by atoms with Gasteiger partial charge in [0, 0.05) is 35.8 Å². The Hall–Kier alpha value is -1.94. The van der Waals surface area contributed by atoms with Crippen molar-refractivity contribution in [2.24, 2.45) is 5.92 Å². The van der Waals surface area contributed by atoms with E-state index < -0.39 is 0 Å². The molecular weight excluding hydrogens is 328 g/mol. The summed E-state index contributed by atoms with van der Waals surface area (Å²) in [6, 6.07) is 16.6. The number of carbonyl (C=O) groups is 1. The molecule has 1 aliphatic rings. The second-order valence-electron chi connectivity index (χ2n) is 6.88. The van der Waals surface area contributed by atoms with E-state index in [9.17, 15) is 4.79 Å². The molecule has 2 aromatic carbocycles. The molecule has 0 atom stereocenters. The van der Waals surface area contributed by atoms with Crippen LogP contribution < -0.4 is 10.2 Å². The molecule has 0 saturated carbocycles. The lowest BCUT2D eigenvalue weighted by Gasteiger charge is -2.31. The van der Waals surface area contributed by atoms with Crippen molar-refractivity contribution in [3.8, 4) is 0 Å². The van der Waals surface area contributed by atoms with E-state index in [0.717, 1.165) is 37.4 Å². The molecule has 2 aromatic rings. The molecule has 0 bridgehead atoms. The number of hydrogen-bond donors (Lipinski definition) is 1. The number of fused-ring (bicyclic) bond motifs is 1. The molecule has 3 rings (SSSR count). The van der Waals surface area contributed by atoms with Gasteiger partial charge in [0.1, 0.15) is 0 Å². The number of thioether (sulfide) groups is 1. The number of benzene rings is 2. The van der Waals surface area contributed by atoms with Crippen molar-refractivity contribution in [3.63, 3.8) is 0 Å². The van der Waals surface area contributed by atoms with Crippen LogP contribution in [0.1, 0.15) is 36.2 Å². The first kappa shape index (κ1) is 17.9. The van der Waals surface area contributed by atoms with Crippen molar-refractivity contribution in [1.82, 2.24) is 5.32 Å². The van der Waals surface area contributed by atoms with Crippen LogP contribution in [-0.4, -0.2) is 24.7 Å². The van der Waals surface area contributed by atoms with Crippen molar-refractivity contribution in [1.29, 1.82) is 0 Å². The van der Waals surface area contributed by atoms with Gasteiger partial charge in [0.2, 0.25) is 0 Å². The number of anilines is 1. The first-order valence-corrected chi connectivity index (χ1v) is 9.96. The Morgan fingerprint density at radius 2 is 2.00 bits per heavy atom. The van der Waals surface area contributed by atoms with Gasteiger partial charge in [-0.1, -0.05) is 44.2 Å². The Kier molecular flexibility index (Phi) is 6.03. The highest BCUT2D eigenvalue weighted by Gasteiger charge is 2.19. The van der Waals surface area contributed by atoms with Crippen molar-refractivity contribution < 1.29 is 4.79 Å². The molecule has 1 amide bonds. The SMILES string of the molecule is CC(C)CCNC(=O)c1ccc2c(c1)N(Cc1ccccc1)CCS2. The third-order valence-electron chi connectivity index (χ3n) is 4.40. The minimum absolute atomic E-state index is 0.0266. The molecule has 0 aromatic heterocycles. The maximum absolute atomic E-state index is 12.4. The second-order valence-corrected chi connectivity index (χ2v) is 8.01. The van der Waals surface area contributed by atoms with Crippen LogP contribution in [0.4, 0.5) is 5.69 Å². The molecule has 0 fully saturated rings. The first-order valence-electron chi connectivity index (χ1n) is 8.97. The molecular formula is C21H26N2OS. The van der Waals surface area contributed by atoms with E-state index in [2.05, 4.69) is 60.5 Å². The van der Waals surface area contributed by atoms with Crippen LogP contribution in [0.2, 0.25) is 0 Å². The largest absolute Gasteiger partial charge is 0.365 e. The molecule has 0 unspecified atom stereocenters. The number of carbonyl (C=O) groups excluding carboxylic acids is 1. The fourth-order valence-corrected chi connectivity index (χ4v) is 3.99. The molecule has 4 heteroatoms. The maximum Gasteiger partial charge on any atom is 0.251 e. The third kappa shape index (κ3) is 4.79. The van der Waals surface area contributed by atoms with Gasteiger partial charge in [-0.2, -0.15) is 0 Å². The lowest BCUT2D eigenvalue weighted by atomic mass is 10.1. The van der Waals surface area contributed by atoms with Crippen LogP contribution in [0.5, 0.6) is 0 Å². The van der Waals surface area contributed by atoms with Gasteiger partial charge >= 0.3 is 0 Å². The summed E-state index contributed by atoms with van der Waals surface area (Å²) in [5.74, 6) is 1.71. The number of rotatable bonds is 6. The normalized spacial score (nSPS) is 13.6. The fraction of sp³-hybridized carbons (Fsp3) is 0.381. The third-order valence-corrected chi connectivity index (χ3v) is 5.45. The Labute approximate surface area is 154 Å². The van der Waals surface area contributed by atoms with E-state index in [1.807, 2.05) is 23.9 Å². The molecule has 0 saturated heterocycles. The number of amides is 1. The second kappa shape index (κ2) is 8.43. The smallest absolute Gasteiger partial charge is 0.251 e. The lowest BCUT2D eigenvalue weighted by molar-refractivity contribution is 0.0952. The highest BCUT2D eigenvalue weighted by atomic mass is 32.2. The summed E-state index contributed by atoms with van der Waals surface area (Å²) < 4.78 is 0. The predicted octanol–water partition coefficient (Wildman–Crippen LogP) is 4.57. The molecule has 132 valence electrons. The molecule has 1 aliphatic heterocycles. The van der Waals surface area contributed by atoms with E-state index in [1.54, 1.807) is 0 Å². The summed E-state index contributed by atoms with van der Waals surface area (Å²) in [7, 11) is 0. The summed E-state index contributed by atoms with van der Waals surface area (Å²) in [4.78, 5) is 16.1. The fourth-order valence-electron chi connectivity index (χ4n) is 2.96. The van der Waals surface area contributed by atoms with Gasteiger partial charge in [-0.15, -0.1) is 11.8 Å². The summed E-state index contributed by atoms with van der Waals surface area (Å²) in [5, 5.41) is 3.04. The van der Waals surface area contributed by atoms with Gasteiger partial charge in [-0.25, -0.2) is 0 Å². The van der Waals surface area contributed by atoms with Gasteiger partial charge in [-0.05, 0) is 36.1 Å². The van der Waals surface area contributed by atoms with Crippen molar-refractivity contribution >= 4 is 23.4 Å². The van der Waals surface area contributed by atoms with E-state index in [0.29, 0.717) is 5.92 Å². The van der Waals surface area contributed by atoms with Crippen LogP contribution in [0.25, 0.3) is 0 Å². The Balaban J connectivity index is 1.74. The summed E-state index contributed by atoms with van der Waals surface area (Å²) in [5.41, 5.74) is 3.23. The zero-order valence-corrected chi connectivity index (χ0v) is 15.8. The van der Waals surface area contributed by atoms with Crippen LogP contribution in [0.3, 0.4) is 0 Å². The van der Waals surface area contributed by atoms with Crippen molar-refractivity contribution in [3.05, 3.63) is 59.7 Å². The zero-order chi connectivity index (χ0) is 17.6. The Morgan fingerprint density at radius 3 is 2.76 bits per heavy atom. The molecule has 3 nitrogen and oxygen atoms in total. The topological polar surface area (TPSA) is 32.3 Å².